The molecule has 0 spiro atoms. The molecule has 108 valence electrons. The standard InChI is InChI=1S/C15H25NO3/c1-6-19-15(2,3)11-16-10-12-7-13(17-4)9-14(8-12)18-5/h7-9,16H,6,10-11H2,1-5H3. The lowest BCUT2D eigenvalue weighted by Gasteiger charge is -2.25. The van der Waals surface area contributed by atoms with E-state index >= 15 is 0 Å². The second-order valence-corrected chi connectivity index (χ2v) is 5.02. The minimum Gasteiger partial charge on any atom is -0.497 e. The Bertz CT molecular complexity index is 369. The number of benzene rings is 1. The van der Waals surface area contributed by atoms with Gasteiger partial charge in [-0.15, -0.1) is 0 Å². The third-order valence-corrected chi connectivity index (χ3v) is 2.83. The molecule has 0 aliphatic carbocycles. The summed E-state index contributed by atoms with van der Waals surface area (Å²) in [5.74, 6) is 1.61. The predicted octanol–water partition coefficient (Wildman–Crippen LogP) is 2.61. The molecular formula is C15H25NO3. The predicted molar refractivity (Wildman–Crippen MR) is 77.0 cm³/mol. The molecule has 1 aromatic carbocycles. The Kier molecular flexibility index (Phi) is 6.12. The van der Waals surface area contributed by atoms with Crippen LogP contribution in [0.1, 0.15) is 26.3 Å². The first kappa shape index (κ1) is 15.8. The fourth-order valence-corrected chi connectivity index (χ4v) is 1.92. The summed E-state index contributed by atoms with van der Waals surface area (Å²) in [6.45, 7) is 8.44. The molecule has 0 atom stereocenters. The molecule has 0 saturated heterocycles. The maximum atomic E-state index is 5.65. The number of hydrogen-bond acceptors (Lipinski definition) is 4. The van der Waals surface area contributed by atoms with Gasteiger partial charge in [0.25, 0.3) is 0 Å². The van der Waals surface area contributed by atoms with E-state index in [0.29, 0.717) is 0 Å². The Balaban J connectivity index is 2.57. The Labute approximate surface area is 116 Å². The van der Waals surface area contributed by atoms with Gasteiger partial charge in [0.1, 0.15) is 11.5 Å². The lowest BCUT2D eigenvalue weighted by molar-refractivity contribution is -0.00897. The summed E-state index contributed by atoms with van der Waals surface area (Å²) in [5, 5.41) is 3.39. The number of hydrogen-bond donors (Lipinski definition) is 1. The molecule has 0 fully saturated rings. The first-order chi connectivity index (χ1) is 9.00. The molecule has 1 N–H and O–H groups in total. The van der Waals surface area contributed by atoms with E-state index in [1.54, 1.807) is 14.2 Å². The molecule has 4 nitrogen and oxygen atoms in total. The topological polar surface area (TPSA) is 39.7 Å². The van der Waals surface area contributed by atoms with E-state index in [1.807, 2.05) is 25.1 Å². The van der Waals surface area contributed by atoms with Crippen LogP contribution < -0.4 is 14.8 Å². The highest BCUT2D eigenvalue weighted by atomic mass is 16.5. The number of methoxy groups -OCH3 is 2. The Morgan fingerprint density at radius 1 is 1.05 bits per heavy atom. The van der Waals surface area contributed by atoms with E-state index in [2.05, 4.69) is 19.2 Å². The van der Waals surface area contributed by atoms with Crippen molar-refractivity contribution in [2.24, 2.45) is 0 Å². The summed E-state index contributed by atoms with van der Waals surface area (Å²) in [5.41, 5.74) is 0.973. The zero-order chi connectivity index (χ0) is 14.3. The van der Waals surface area contributed by atoms with E-state index in [9.17, 15) is 0 Å². The van der Waals surface area contributed by atoms with Gasteiger partial charge in [0, 0.05) is 25.8 Å². The van der Waals surface area contributed by atoms with Crippen LogP contribution in [0.2, 0.25) is 0 Å². The smallest absolute Gasteiger partial charge is 0.122 e. The van der Waals surface area contributed by atoms with Gasteiger partial charge >= 0.3 is 0 Å². The van der Waals surface area contributed by atoms with Crippen LogP contribution in [-0.4, -0.2) is 33.0 Å². The summed E-state index contributed by atoms with van der Waals surface area (Å²) in [7, 11) is 3.31. The van der Waals surface area contributed by atoms with Crippen molar-refractivity contribution in [3.63, 3.8) is 0 Å². The van der Waals surface area contributed by atoms with Crippen molar-refractivity contribution >= 4 is 0 Å². The largest absolute Gasteiger partial charge is 0.497 e. The molecule has 0 saturated carbocycles. The third kappa shape index (κ3) is 5.49. The van der Waals surface area contributed by atoms with E-state index in [0.717, 1.165) is 36.8 Å². The Morgan fingerprint density at radius 3 is 2.11 bits per heavy atom. The van der Waals surface area contributed by atoms with Gasteiger partial charge in [-0.2, -0.15) is 0 Å². The maximum absolute atomic E-state index is 5.65. The van der Waals surface area contributed by atoms with Crippen molar-refractivity contribution in [1.29, 1.82) is 0 Å². The van der Waals surface area contributed by atoms with Gasteiger partial charge in [0.05, 0.1) is 19.8 Å². The molecule has 4 heteroatoms. The van der Waals surface area contributed by atoms with E-state index in [4.69, 9.17) is 14.2 Å². The van der Waals surface area contributed by atoms with Crippen LogP contribution in [-0.2, 0) is 11.3 Å². The van der Waals surface area contributed by atoms with Gasteiger partial charge in [-0.1, -0.05) is 0 Å². The van der Waals surface area contributed by atoms with Crippen molar-refractivity contribution in [3.05, 3.63) is 23.8 Å². The molecule has 0 bridgehead atoms. The Hall–Kier alpha value is -1.26. The minimum atomic E-state index is -0.155. The van der Waals surface area contributed by atoms with Crippen LogP contribution >= 0.6 is 0 Å². The van der Waals surface area contributed by atoms with Crippen molar-refractivity contribution in [2.75, 3.05) is 27.4 Å². The monoisotopic (exact) mass is 267 g/mol. The van der Waals surface area contributed by atoms with Crippen molar-refractivity contribution in [3.8, 4) is 11.5 Å². The molecule has 0 amide bonds. The summed E-state index contributed by atoms with van der Waals surface area (Å²) in [6, 6.07) is 5.88. The van der Waals surface area contributed by atoms with Crippen LogP contribution in [0, 0.1) is 0 Å². The van der Waals surface area contributed by atoms with Crippen molar-refractivity contribution in [2.45, 2.75) is 32.9 Å². The molecule has 1 aromatic rings. The van der Waals surface area contributed by atoms with Gasteiger partial charge in [0.15, 0.2) is 0 Å². The molecule has 0 unspecified atom stereocenters. The zero-order valence-electron chi connectivity index (χ0n) is 12.6. The van der Waals surface area contributed by atoms with E-state index in [-0.39, 0.29) is 5.60 Å². The quantitative estimate of drug-likeness (QED) is 0.786. The summed E-state index contributed by atoms with van der Waals surface area (Å²) < 4.78 is 16.1. The highest BCUT2D eigenvalue weighted by molar-refractivity contribution is 5.38. The Morgan fingerprint density at radius 2 is 1.63 bits per heavy atom. The average molecular weight is 267 g/mol. The number of ether oxygens (including phenoxy) is 3. The molecule has 0 aromatic heterocycles. The van der Waals surface area contributed by atoms with E-state index in [1.165, 1.54) is 0 Å². The SMILES string of the molecule is CCOC(C)(C)CNCc1cc(OC)cc(OC)c1. The highest BCUT2D eigenvalue weighted by Crippen LogP contribution is 2.22. The summed E-state index contributed by atoms with van der Waals surface area (Å²) in [4.78, 5) is 0. The van der Waals surface area contributed by atoms with Gasteiger partial charge in [-0.3, -0.25) is 0 Å². The number of nitrogens with one attached hydrogen (secondary N) is 1. The molecule has 1 rings (SSSR count). The van der Waals surface area contributed by atoms with Crippen molar-refractivity contribution in [1.82, 2.24) is 5.32 Å². The normalized spacial score (nSPS) is 11.4. The fraction of sp³-hybridized carbons (Fsp3) is 0.600. The summed E-state index contributed by atoms with van der Waals surface area (Å²) in [6.07, 6.45) is 0. The molecule has 0 heterocycles. The second kappa shape index (κ2) is 7.36. The van der Waals surface area contributed by atoms with Gasteiger partial charge in [-0.25, -0.2) is 0 Å². The van der Waals surface area contributed by atoms with Gasteiger partial charge < -0.3 is 19.5 Å². The first-order valence-corrected chi connectivity index (χ1v) is 6.57. The van der Waals surface area contributed by atoms with Crippen LogP contribution in [0.15, 0.2) is 18.2 Å². The molecule has 0 aliphatic rings. The van der Waals surface area contributed by atoms with E-state index < -0.39 is 0 Å². The van der Waals surface area contributed by atoms with Crippen molar-refractivity contribution < 1.29 is 14.2 Å². The van der Waals surface area contributed by atoms with Crippen LogP contribution in [0.3, 0.4) is 0 Å². The minimum absolute atomic E-state index is 0.155. The first-order valence-electron chi connectivity index (χ1n) is 6.57. The van der Waals surface area contributed by atoms with Gasteiger partial charge in [-0.05, 0) is 38.5 Å². The van der Waals surface area contributed by atoms with Gasteiger partial charge in [0.2, 0.25) is 0 Å². The second-order valence-electron chi connectivity index (χ2n) is 5.02. The highest BCUT2D eigenvalue weighted by Gasteiger charge is 2.16. The van der Waals surface area contributed by atoms with Crippen LogP contribution in [0.25, 0.3) is 0 Å². The lowest BCUT2D eigenvalue weighted by Crippen LogP contribution is -2.37. The third-order valence-electron chi connectivity index (χ3n) is 2.83. The maximum Gasteiger partial charge on any atom is 0.122 e. The van der Waals surface area contributed by atoms with Crippen LogP contribution in [0.5, 0.6) is 11.5 Å². The average Bonchev–Trinajstić information content (AvgIpc) is 2.37. The number of rotatable bonds is 8. The molecule has 0 aliphatic heterocycles. The van der Waals surface area contributed by atoms with Crippen LogP contribution in [0.4, 0.5) is 0 Å². The fourth-order valence-electron chi connectivity index (χ4n) is 1.92. The zero-order valence-corrected chi connectivity index (χ0v) is 12.6. The molecule has 0 radical (unpaired) electrons. The molecular weight excluding hydrogens is 242 g/mol. The lowest BCUT2D eigenvalue weighted by atomic mass is 10.1. The summed E-state index contributed by atoms with van der Waals surface area (Å²) >= 11 is 0. The molecule has 19 heavy (non-hydrogen) atoms.